The molecule has 0 atom stereocenters. The molecule has 0 radical (unpaired) electrons. The SMILES string of the molecule is CC1(NS(=O)(=O)CCCNC2CC2)CC1. The summed E-state index contributed by atoms with van der Waals surface area (Å²) < 4.78 is 26.0. The number of sulfonamides is 1. The Balaban J connectivity index is 1.63. The first-order valence-electron chi connectivity index (χ1n) is 5.74. The smallest absolute Gasteiger partial charge is 0.212 e. The van der Waals surface area contributed by atoms with Crippen LogP contribution in [0.4, 0.5) is 0 Å². The number of nitrogens with one attached hydrogen (secondary N) is 2. The van der Waals surface area contributed by atoms with Crippen molar-refractivity contribution in [1.29, 1.82) is 0 Å². The topological polar surface area (TPSA) is 58.2 Å². The van der Waals surface area contributed by atoms with E-state index >= 15 is 0 Å². The molecule has 0 aromatic rings. The van der Waals surface area contributed by atoms with Crippen LogP contribution in [0.1, 0.15) is 39.0 Å². The maximum Gasteiger partial charge on any atom is 0.212 e. The van der Waals surface area contributed by atoms with Crippen molar-refractivity contribution < 1.29 is 8.42 Å². The van der Waals surface area contributed by atoms with E-state index in [0.29, 0.717) is 12.5 Å². The molecular formula is C10H20N2O2S. The van der Waals surface area contributed by atoms with Crippen LogP contribution in [-0.2, 0) is 10.0 Å². The molecule has 0 aliphatic heterocycles. The van der Waals surface area contributed by atoms with Gasteiger partial charge < -0.3 is 5.32 Å². The minimum Gasteiger partial charge on any atom is -0.314 e. The van der Waals surface area contributed by atoms with E-state index in [1.807, 2.05) is 6.92 Å². The molecular weight excluding hydrogens is 212 g/mol. The Bertz CT molecular complexity index is 318. The van der Waals surface area contributed by atoms with Gasteiger partial charge in [-0.25, -0.2) is 13.1 Å². The standard InChI is InChI=1S/C10H20N2O2S/c1-10(5-6-10)12-15(13,14)8-2-7-11-9-3-4-9/h9,11-12H,2-8H2,1H3. The lowest BCUT2D eigenvalue weighted by Crippen LogP contribution is -2.36. The summed E-state index contributed by atoms with van der Waals surface area (Å²) >= 11 is 0. The van der Waals surface area contributed by atoms with Crippen molar-refractivity contribution in [2.75, 3.05) is 12.3 Å². The van der Waals surface area contributed by atoms with Gasteiger partial charge in [0.25, 0.3) is 0 Å². The van der Waals surface area contributed by atoms with Gasteiger partial charge in [-0.15, -0.1) is 0 Å². The zero-order chi connectivity index (χ0) is 10.9. The molecule has 2 N–H and O–H groups in total. The Hall–Kier alpha value is -0.130. The summed E-state index contributed by atoms with van der Waals surface area (Å²) in [4.78, 5) is 0. The molecule has 0 heterocycles. The first kappa shape index (κ1) is 11.4. The third kappa shape index (κ3) is 4.09. The van der Waals surface area contributed by atoms with E-state index in [1.54, 1.807) is 0 Å². The zero-order valence-electron chi connectivity index (χ0n) is 9.25. The second-order valence-electron chi connectivity index (χ2n) is 5.06. The van der Waals surface area contributed by atoms with E-state index in [-0.39, 0.29) is 11.3 Å². The van der Waals surface area contributed by atoms with Gasteiger partial charge in [-0.2, -0.15) is 0 Å². The van der Waals surface area contributed by atoms with Crippen LogP contribution in [0.25, 0.3) is 0 Å². The highest BCUT2D eigenvalue weighted by Gasteiger charge is 2.40. The van der Waals surface area contributed by atoms with Crippen LogP contribution in [0.2, 0.25) is 0 Å². The predicted molar refractivity (Wildman–Crippen MR) is 60.2 cm³/mol. The van der Waals surface area contributed by atoms with Crippen LogP contribution in [0, 0.1) is 0 Å². The number of hydrogen-bond donors (Lipinski definition) is 2. The average Bonchev–Trinajstić information content (AvgIpc) is 2.98. The average molecular weight is 232 g/mol. The van der Waals surface area contributed by atoms with Gasteiger partial charge >= 0.3 is 0 Å². The van der Waals surface area contributed by atoms with Gasteiger partial charge in [0.1, 0.15) is 0 Å². The molecule has 0 unspecified atom stereocenters. The Kier molecular flexibility index (Phi) is 3.05. The predicted octanol–water partition coefficient (Wildman–Crippen LogP) is 0.600. The van der Waals surface area contributed by atoms with Crippen molar-refractivity contribution in [3.63, 3.8) is 0 Å². The van der Waals surface area contributed by atoms with E-state index in [4.69, 9.17) is 0 Å². The largest absolute Gasteiger partial charge is 0.314 e. The summed E-state index contributed by atoms with van der Waals surface area (Å²) in [6.07, 6.45) is 5.17. The van der Waals surface area contributed by atoms with Gasteiger partial charge in [-0.1, -0.05) is 0 Å². The Morgan fingerprint density at radius 3 is 2.53 bits per heavy atom. The van der Waals surface area contributed by atoms with Crippen molar-refractivity contribution in [1.82, 2.24) is 10.0 Å². The summed E-state index contributed by atoms with van der Waals surface area (Å²) in [5.41, 5.74) is -0.122. The monoisotopic (exact) mass is 232 g/mol. The summed E-state index contributed by atoms with van der Waals surface area (Å²) in [6, 6.07) is 0.668. The molecule has 2 aliphatic rings. The van der Waals surface area contributed by atoms with Crippen molar-refractivity contribution in [2.24, 2.45) is 0 Å². The minimum absolute atomic E-state index is 0.122. The third-order valence-corrected chi connectivity index (χ3v) is 4.63. The minimum atomic E-state index is -3.04. The number of rotatable bonds is 7. The highest BCUT2D eigenvalue weighted by molar-refractivity contribution is 7.89. The molecule has 88 valence electrons. The summed E-state index contributed by atoms with van der Waals surface area (Å²) in [6.45, 7) is 2.79. The first-order valence-corrected chi connectivity index (χ1v) is 7.39. The highest BCUT2D eigenvalue weighted by atomic mass is 32.2. The quantitative estimate of drug-likeness (QED) is 0.632. The molecule has 2 fully saturated rings. The summed E-state index contributed by atoms with van der Waals surface area (Å²) in [5.74, 6) is 0.252. The molecule has 0 bridgehead atoms. The fourth-order valence-electron chi connectivity index (χ4n) is 1.57. The maximum absolute atomic E-state index is 11.6. The van der Waals surface area contributed by atoms with Gasteiger partial charge in [-0.05, 0) is 45.6 Å². The summed E-state index contributed by atoms with van der Waals surface area (Å²) in [5, 5.41) is 3.32. The second kappa shape index (κ2) is 4.03. The molecule has 0 spiro atoms. The molecule has 2 saturated carbocycles. The van der Waals surface area contributed by atoms with Crippen molar-refractivity contribution >= 4 is 10.0 Å². The molecule has 15 heavy (non-hydrogen) atoms. The van der Waals surface area contributed by atoms with Gasteiger partial charge in [0.05, 0.1) is 5.75 Å². The van der Waals surface area contributed by atoms with E-state index in [9.17, 15) is 8.42 Å². The lowest BCUT2D eigenvalue weighted by atomic mass is 10.4. The lowest BCUT2D eigenvalue weighted by Gasteiger charge is -2.11. The van der Waals surface area contributed by atoms with Crippen LogP contribution in [-0.4, -0.2) is 32.3 Å². The summed E-state index contributed by atoms with van der Waals surface area (Å²) in [7, 11) is -3.04. The van der Waals surface area contributed by atoms with Crippen LogP contribution >= 0.6 is 0 Å². The molecule has 2 aliphatic carbocycles. The third-order valence-electron chi connectivity index (χ3n) is 3.00. The van der Waals surface area contributed by atoms with Crippen molar-refractivity contribution in [2.45, 2.75) is 50.6 Å². The molecule has 0 saturated heterocycles. The molecule has 5 heteroatoms. The fourth-order valence-corrected chi connectivity index (χ4v) is 3.15. The van der Waals surface area contributed by atoms with Crippen LogP contribution in [0.3, 0.4) is 0 Å². The Morgan fingerprint density at radius 1 is 1.33 bits per heavy atom. The fraction of sp³-hybridized carbons (Fsp3) is 1.00. The van der Waals surface area contributed by atoms with E-state index < -0.39 is 10.0 Å². The van der Waals surface area contributed by atoms with Crippen molar-refractivity contribution in [3.8, 4) is 0 Å². The van der Waals surface area contributed by atoms with Crippen LogP contribution < -0.4 is 10.0 Å². The molecule has 0 aromatic carbocycles. The first-order chi connectivity index (χ1) is 6.99. The molecule has 0 aromatic heterocycles. The highest BCUT2D eigenvalue weighted by Crippen LogP contribution is 2.35. The molecule has 4 nitrogen and oxygen atoms in total. The van der Waals surface area contributed by atoms with Crippen molar-refractivity contribution in [3.05, 3.63) is 0 Å². The maximum atomic E-state index is 11.6. The normalized spacial score (nSPS) is 24.1. The van der Waals surface area contributed by atoms with Crippen LogP contribution in [0.15, 0.2) is 0 Å². The van der Waals surface area contributed by atoms with Gasteiger partial charge in [-0.3, -0.25) is 0 Å². The number of hydrogen-bond acceptors (Lipinski definition) is 3. The van der Waals surface area contributed by atoms with Gasteiger partial charge in [0, 0.05) is 11.6 Å². The zero-order valence-corrected chi connectivity index (χ0v) is 10.1. The van der Waals surface area contributed by atoms with E-state index in [0.717, 1.165) is 19.4 Å². The second-order valence-corrected chi connectivity index (χ2v) is 6.91. The Labute approximate surface area is 91.9 Å². The van der Waals surface area contributed by atoms with Gasteiger partial charge in [0.2, 0.25) is 10.0 Å². The lowest BCUT2D eigenvalue weighted by molar-refractivity contribution is 0.552. The van der Waals surface area contributed by atoms with Crippen LogP contribution in [0.5, 0.6) is 0 Å². The van der Waals surface area contributed by atoms with E-state index in [2.05, 4.69) is 10.0 Å². The molecule has 0 amide bonds. The molecule has 2 rings (SSSR count). The Morgan fingerprint density at radius 2 is 2.00 bits per heavy atom. The van der Waals surface area contributed by atoms with E-state index in [1.165, 1.54) is 12.8 Å². The van der Waals surface area contributed by atoms with Gasteiger partial charge in [0.15, 0.2) is 0 Å².